The van der Waals surface area contributed by atoms with Crippen LogP contribution in [0.25, 0.3) is 21.9 Å². The Morgan fingerprint density at radius 3 is 2.62 bits per heavy atom. The van der Waals surface area contributed by atoms with Crippen molar-refractivity contribution in [2.24, 2.45) is 5.16 Å². The average Bonchev–Trinajstić information content (AvgIpc) is 3.23. The molecule has 2 aliphatic rings. The predicted octanol–water partition coefficient (Wildman–Crippen LogP) is 1.91. The molecule has 24 heavy (non-hydrogen) atoms. The van der Waals surface area contributed by atoms with Crippen LogP contribution in [0.15, 0.2) is 17.3 Å². The third-order valence-electron chi connectivity index (χ3n) is 5.15. The smallest absolute Gasteiger partial charge is 0.208 e. The number of Topliss-reactive ketones (excluding diaryl/α,β-unsaturated/α-hetero) is 2. The maximum absolute atomic E-state index is 12.5. The van der Waals surface area contributed by atoms with E-state index in [1.165, 1.54) is 6.07 Å². The first-order valence-corrected chi connectivity index (χ1v) is 7.80. The van der Waals surface area contributed by atoms with Gasteiger partial charge in [0.25, 0.3) is 0 Å². The number of carbonyl (C=O) groups is 2. The highest BCUT2D eigenvalue weighted by Gasteiger charge is 2.36. The monoisotopic (exact) mass is 323 g/mol. The van der Waals surface area contributed by atoms with E-state index in [1.54, 1.807) is 6.07 Å². The fourth-order valence-electron chi connectivity index (χ4n) is 4.22. The Hall–Kier alpha value is -3.09. The number of carbonyl (C=O) groups excluding carboxylic acids is 2. The third kappa shape index (κ3) is 1.40. The number of aromatic amines is 1. The van der Waals surface area contributed by atoms with Crippen molar-refractivity contribution in [1.29, 1.82) is 0 Å². The maximum atomic E-state index is 12.5. The lowest BCUT2D eigenvalue weighted by Crippen LogP contribution is -2.18. The minimum Gasteiger partial charge on any atom is -0.425 e. The zero-order valence-corrected chi connectivity index (χ0v) is 12.6. The number of ketones is 2. The Morgan fingerprint density at radius 1 is 1.08 bits per heavy atom. The first-order valence-electron chi connectivity index (χ1n) is 7.80. The quantitative estimate of drug-likeness (QED) is 0.254. The first kappa shape index (κ1) is 13.4. The molecule has 0 saturated carbocycles. The first-order chi connectivity index (χ1) is 11.6. The zero-order valence-electron chi connectivity index (χ0n) is 12.6. The van der Waals surface area contributed by atoms with Crippen LogP contribution < -0.4 is 5.49 Å². The molecule has 0 atom stereocenters. The summed E-state index contributed by atoms with van der Waals surface area (Å²) in [5.41, 5.74) is 4.16. The van der Waals surface area contributed by atoms with Gasteiger partial charge in [-0.2, -0.15) is 0 Å². The van der Waals surface area contributed by atoms with Crippen LogP contribution in [0.1, 0.15) is 44.7 Å². The van der Waals surface area contributed by atoms with E-state index in [-0.39, 0.29) is 23.5 Å². The number of aromatic nitrogens is 2. The molecule has 0 fully saturated rings. The van der Waals surface area contributed by atoms with Gasteiger partial charge in [-0.1, -0.05) is 5.16 Å². The van der Waals surface area contributed by atoms with E-state index in [0.717, 1.165) is 40.6 Å². The van der Waals surface area contributed by atoms with E-state index in [1.807, 2.05) is 0 Å². The van der Waals surface area contributed by atoms with Crippen LogP contribution >= 0.6 is 0 Å². The fraction of sp³-hybridized carbons (Fsp3) is 0.235. The number of rotatable bonds is 0. The fourth-order valence-corrected chi connectivity index (χ4v) is 4.22. The van der Waals surface area contributed by atoms with Gasteiger partial charge in [0.05, 0.1) is 11.9 Å². The number of nitrogens with one attached hydrogen (secondary N) is 1. The number of benzene rings is 1. The second-order valence-corrected chi connectivity index (χ2v) is 6.32. The molecule has 0 unspecified atom stereocenters. The van der Waals surface area contributed by atoms with Gasteiger partial charge in [0.2, 0.25) is 5.49 Å². The number of nitrogens with zero attached hydrogens (tertiary/aromatic N) is 2. The van der Waals surface area contributed by atoms with E-state index >= 15 is 0 Å². The summed E-state index contributed by atoms with van der Waals surface area (Å²) in [5, 5.41) is 23.6. The van der Waals surface area contributed by atoms with Crippen molar-refractivity contribution in [2.45, 2.75) is 25.7 Å². The van der Waals surface area contributed by atoms with Gasteiger partial charge in [0, 0.05) is 21.9 Å². The molecule has 0 bridgehead atoms. The van der Waals surface area contributed by atoms with Gasteiger partial charge in [-0.15, -0.1) is 4.73 Å². The topological polar surface area (TPSA) is 108 Å². The van der Waals surface area contributed by atoms with E-state index in [2.05, 4.69) is 10.1 Å². The highest BCUT2D eigenvalue weighted by atomic mass is 16.5. The molecular formula is C17H13N3O4. The lowest BCUT2D eigenvalue weighted by Gasteiger charge is -2.08. The van der Waals surface area contributed by atoms with Crippen LogP contribution in [0, 0.1) is 0 Å². The summed E-state index contributed by atoms with van der Waals surface area (Å²) < 4.78 is 0.754. The average molecular weight is 323 g/mol. The minimum absolute atomic E-state index is 0.0234. The van der Waals surface area contributed by atoms with Gasteiger partial charge in [0.1, 0.15) is 0 Å². The molecule has 2 heterocycles. The van der Waals surface area contributed by atoms with Crippen LogP contribution in [-0.4, -0.2) is 31.7 Å². The standard InChI is InChI=1S/C17H13N3O4/c21-10-6-11(22)15-13(10)7-2-1-3-8(7)16-14(15)9-4-5-12(19-23)20(24)17(9)18-16/h4-5,18,23-24H,1-3,6H2. The summed E-state index contributed by atoms with van der Waals surface area (Å²) in [6, 6.07) is 3.14. The van der Waals surface area contributed by atoms with Crippen LogP contribution in [0.5, 0.6) is 0 Å². The Bertz CT molecular complexity index is 1170. The van der Waals surface area contributed by atoms with E-state index in [0.29, 0.717) is 27.5 Å². The molecule has 7 nitrogen and oxygen atoms in total. The highest BCUT2D eigenvalue weighted by molar-refractivity contribution is 6.32. The molecule has 0 saturated heterocycles. The summed E-state index contributed by atoms with van der Waals surface area (Å²) in [6.07, 6.45) is 2.47. The second kappa shape index (κ2) is 4.25. The van der Waals surface area contributed by atoms with E-state index in [4.69, 9.17) is 5.21 Å². The highest BCUT2D eigenvalue weighted by Crippen LogP contribution is 2.42. The minimum atomic E-state index is -0.170. The normalized spacial score (nSPS) is 17.2. The van der Waals surface area contributed by atoms with Gasteiger partial charge >= 0.3 is 0 Å². The summed E-state index contributed by atoms with van der Waals surface area (Å²) in [5.74, 6) is -0.278. The Morgan fingerprint density at radius 2 is 1.83 bits per heavy atom. The number of hydrogen-bond donors (Lipinski definition) is 3. The molecule has 0 radical (unpaired) electrons. The molecule has 0 amide bonds. The number of pyridine rings is 1. The molecular weight excluding hydrogens is 310 g/mol. The molecule has 120 valence electrons. The molecule has 3 N–H and O–H groups in total. The SMILES string of the molecule is O=C1CC(=O)c2c1c1c(c3[nH]c4c(ccc(=NO)n4O)c23)CCC1. The van der Waals surface area contributed by atoms with Gasteiger partial charge in [0.15, 0.2) is 17.2 Å². The van der Waals surface area contributed by atoms with Crippen molar-refractivity contribution in [3.05, 3.63) is 39.9 Å². The van der Waals surface area contributed by atoms with E-state index < -0.39 is 0 Å². The van der Waals surface area contributed by atoms with Crippen LogP contribution in [0.4, 0.5) is 0 Å². The number of aryl methyl sites for hydroxylation is 1. The van der Waals surface area contributed by atoms with Crippen LogP contribution in [-0.2, 0) is 12.8 Å². The van der Waals surface area contributed by atoms with Gasteiger partial charge in [-0.05, 0) is 42.5 Å². The Kier molecular flexibility index (Phi) is 2.37. The Labute approximate surface area is 134 Å². The largest absolute Gasteiger partial charge is 0.425 e. The van der Waals surface area contributed by atoms with Crippen molar-refractivity contribution in [2.75, 3.05) is 0 Å². The molecule has 2 aliphatic carbocycles. The summed E-state index contributed by atoms with van der Waals surface area (Å²) >= 11 is 0. The second-order valence-electron chi connectivity index (χ2n) is 6.32. The van der Waals surface area contributed by atoms with Crippen molar-refractivity contribution in [3.8, 4) is 0 Å². The zero-order chi connectivity index (χ0) is 16.6. The van der Waals surface area contributed by atoms with Crippen molar-refractivity contribution < 1.29 is 20.0 Å². The number of H-pyrrole nitrogens is 1. The lowest BCUT2D eigenvalue weighted by molar-refractivity contribution is 0.0923. The van der Waals surface area contributed by atoms with Crippen molar-refractivity contribution in [1.82, 2.24) is 9.71 Å². The third-order valence-corrected chi connectivity index (χ3v) is 5.15. The molecule has 7 heteroatoms. The van der Waals surface area contributed by atoms with Gasteiger partial charge in [-0.3, -0.25) is 9.59 Å². The van der Waals surface area contributed by atoms with Gasteiger partial charge in [-0.25, -0.2) is 0 Å². The predicted molar refractivity (Wildman–Crippen MR) is 83.6 cm³/mol. The summed E-state index contributed by atoms with van der Waals surface area (Å²) in [6.45, 7) is 0. The lowest BCUT2D eigenvalue weighted by atomic mass is 9.94. The number of fused-ring (bicyclic) bond motifs is 8. The summed E-state index contributed by atoms with van der Waals surface area (Å²) in [7, 11) is 0. The summed E-state index contributed by atoms with van der Waals surface area (Å²) in [4.78, 5) is 28.0. The molecule has 1 aromatic carbocycles. The molecule has 0 aliphatic heterocycles. The van der Waals surface area contributed by atoms with Gasteiger partial charge < -0.3 is 15.4 Å². The Balaban J connectivity index is 2.09. The van der Waals surface area contributed by atoms with Crippen molar-refractivity contribution >= 4 is 33.5 Å². The maximum Gasteiger partial charge on any atom is 0.208 e. The molecule has 5 rings (SSSR count). The van der Waals surface area contributed by atoms with Crippen LogP contribution in [0.2, 0.25) is 0 Å². The van der Waals surface area contributed by atoms with Crippen LogP contribution in [0.3, 0.4) is 0 Å². The van der Waals surface area contributed by atoms with Crippen molar-refractivity contribution in [3.63, 3.8) is 0 Å². The molecule has 3 aromatic rings. The molecule has 2 aromatic heterocycles. The molecule has 0 spiro atoms. The van der Waals surface area contributed by atoms with E-state index in [9.17, 15) is 14.8 Å². The number of hydrogen-bond acceptors (Lipinski definition) is 5.